The molecule has 0 aromatic heterocycles. The number of Topliss-reactive ketones (excluding diaryl/α,β-unsaturated/α-hetero) is 1. The first-order valence-corrected chi connectivity index (χ1v) is 8.98. The summed E-state index contributed by atoms with van der Waals surface area (Å²) in [5, 5.41) is 0. The van der Waals surface area contributed by atoms with E-state index in [1.54, 1.807) is 0 Å². The lowest BCUT2D eigenvalue weighted by atomic mass is 9.48. The Morgan fingerprint density at radius 2 is 1.95 bits per heavy atom. The summed E-state index contributed by atoms with van der Waals surface area (Å²) < 4.78 is 0. The summed E-state index contributed by atoms with van der Waals surface area (Å²) in [7, 11) is 0. The van der Waals surface area contributed by atoms with E-state index in [2.05, 4.69) is 26.0 Å². The van der Waals surface area contributed by atoms with Gasteiger partial charge in [0.05, 0.1) is 0 Å². The maximum Gasteiger partial charge on any atom is 0.156 e. The molecule has 0 saturated heterocycles. The molecule has 118 valence electrons. The van der Waals surface area contributed by atoms with Gasteiger partial charge in [-0.3, -0.25) is 9.59 Å². The van der Waals surface area contributed by atoms with Crippen LogP contribution in [0.25, 0.3) is 0 Å². The number of fused-ring (bicyclic) bond motifs is 5. The highest BCUT2D eigenvalue weighted by atomic mass is 16.1. The van der Waals surface area contributed by atoms with Crippen molar-refractivity contribution in [1.82, 2.24) is 0 Å². The monoisotopic (exact) mass is 298 g/mol. The molecule has 2 heteroatoms. The van der Waals surface area contributed by atoms with Crippen LogP contribution in [0.15, 0.2) is 23.8 Å². The van der Waals surface area contributed by atoms with E-state index in [1.807, 2.05) is 6.08 Å². The molecule has 0 radical (unpaired) electrons. The standard InChI is InChI=1S/C20H26O2/c1-3-20-11-9-16-15(17(20)6-7-18(20)22)5-4-13-12-14(21)8-10-19(13,16)2/h4-5,12,15-17H,3,6-11H2,1-2H3/t15-,16+,17+,19+,20+/m1/s1. The molecule has 0 spiro atoms. The van der Waals surface area contributed by atoms with E-state index in [-0.39, 0.29) is 16.6 Å². The van der Waals surface area contributed by atoms with Crippen LogP contribution in [0.5, 0.6) is 0 Å². The van der Waals surface area contributed by atoms with Crippen molar-refractivity contribution >= 4 is 11.6 Å². The summed E-state index contributed by atoms with van der Waals surface area (Å²) in [5.74, 6) is 2.50. The zero-order valence-electron chi connectivity index (χ0n) is 13.7. The smallest absolute Gasteiger partial charge is 0.156 e. The van der Waals surface area contributed by atoms with E-state index in [9.17, 15) is 9.59 Å². The van der Waals surface area contributed by atoms with Gasteiger partial charge in [0, 0.05) is 18.3 Å². The molecule has 0 bridgehead atoms. The van der Waals surface area contributed by atoms with E-state index in [1.165, 1.54) is 5.57 Å². The van der Waals surface area contributed by atoms with Crippen LogP contribution < -0.4 is 0 Å². The third kappa shape index (κ3) is 1.67. The molecular weight excluding hydrogens is 272 g/mol. The quantitative estimate of drug-likeness (QED) is 0.725. The zero-order valence-corrected chi connectivity index (χ0v) is 13.7. The van der Waals surface area contributed by atoms with Gasteiger partial charge in [0.1, 0.15) is 5.78 Å². The minimum absolute atomic E-state index is 0.0342. The molecule has 0 aromatic carbocycles. The van der Waals surface area contributed by atoms with Crippen LogP contribution in [0.4, 0.5) is 0 Å². The first kappa shape index (κ1) is 14.4. The molecular formula is C20H26O2. The largest absolute Gasteiger partial charge is 0.299 e. The second kappa shape index (κ2) is 4.66. The van der Waals surface area contributed by atoms with Crippen molar-refractivity contribution in [3.63, 3.8) is 0 Å². The maximum absolute atomic E-state index is 12.6. The fraction of sp³-hybridized carbons (Fsp3) is 0.700. The van der Waals surface area contributed by atoms with Crippen molar-refractivity contribution in [2.24, 2.45) is 28.6 Å². The van der Waals surface area contributed by atoms with Crippen LogP contribution >= 0.6 is 0 Å². The molecule has 0 heterocycles. The second-order valence-electron chi connectivity index (χ2n) is 8.14. The summed E-state index contributed by atoms with van der Waals surface area (Å²) in [6.07, 6.45) is 13.2. The zero-order chi connectivity index (χ0) is 15.5. The Balaban J connectivity index is 1.76. The molecule has 4 aliphatic carbocycles. The number of hydrogen-bond acceptors (Lipinski definition) is 2. The van der Waals surface area contributed by atoms with Crippen LogP contribution in [-0.4, -0.2) is 11.6 Å². The van der Waals surface area contributed by atoms with Gasteiger partial charge in [-0.1, -0.05) is 26.0 Å². The molecule has 0 aromatic rings. The molecule has 0 aliphatic heterocycles. The van der Waals surface area contributed by atoms with Gasteiger partial charge in [-0.15, -0.1) is 0 Å². The number of carbonyl (C=O) groups is 2. The number of rotatable bonds is 1. The van der Waals surface area contributed by atoms with Gasteiger partial charge in [0.15, 0.2) is 5.78 Å². The normalized spacial score (nSPS) is 46.8. The highest BCUT2D eigenvalue weighted by molar-refractivity contribution is 5.92. The lowest BCUT2D eigenvalue weighted by Crippen LogP contribution is -2.49. The van der Waals surface area contributed by atoms with Gasteiger partial charge in [-0.2, -0.15) is 0 Å². The van der Waals surface area contributed by atoms with Crippen molar-refractivity contribution in [2.45, 2.75) is 58.8 Å². The molecule has 0 amide bonds. The second-order valence-corrected chi connectivity index (χ2v) is 8.14. The Morgan fingerprint density at radius 1 is 1.14 bits per heavy atom. The van der Waals surface area contributed by atoms with Gasteiger partial charge in [0.2, 0.25) is 0 Å². The lowest BCUT2D eigenvalue weighted by Gasteiger charge is -2.55. The molecule has 0 unspecified atom stereocenters. The predicted molar refractivity (Wildman–Crippen MR) is 86.2 cm³/mol. The summed E-state index contributed by atoms with van der Waals surface area (Å²) >= 11 is 0. The summed E-state index contributed by atoms with van der Waals surface area (Å²) in [4.78, 5) is 24.3. The van der Waals surface area contributed by atoms with Crippen LogP contribution in [0.2, 0.25) is 0 Å². The lowest BCUT2D eigenvalue weighted by molar-refractivity contribution is -0.132. The van der Waals surface area contributed by atoms with Gasteiger partial charge in [0.25, 0.3) is 0 Å². The van der Waals surface area contributed by atoms with E-state index in [0.717, 1.165) is 38.5 Å². The van der Waals surface area contributed by atoms with E-state index in [0.29, 0.717) is 30.0 Å². The number of carbonyl (C=O) groups excluding carboxylic acids is 2. The Bertz CT molecular complexity index is 599. The average molecular weight is 298 g/mol. The molecule has 0 N–H and O–H groups in total. The minimum atomic E-state index is -0.0342. The van der Waals surface area contributed by atoms with E-state index in [4.69, 9.17) is 0 Å². The summed E-state index contributed by atoms with van der Waals surface area (Å²) in [6, 6.07) is 0. The predicted octanol–water partition coefficient (Wildman–Crippen LogP) is 4.25. The van der Waals surface area contributed by atoms with Gasteiger partial charge in [-0.25, -0.2) is 0 Å². The SMILES string of the molecule is CC[C@]12CC[C@H]3[C@@H](C=CC4=CC(=O)CC[C@@]43C)[C@@H]1CCC2=O. The summed E-state index contributed by atoms with van der Waals surface area (Å²) in [5.41, 5.74) is 1.37. The van der Waals surface area contributed by atoms with Crippen molar-refractivity contribution in [3.05, 3.63) is 23.8 Å². The maximum atomic E-state index is 12.6. The molecule has 2 fully saturated rings. The summed E-state index contributed by atoms with van der Waals surface area (Å²) in [6.45, 7) is 4.57. The van der Waals surface area contributed by atoms with Crippen LogP contribution in [0, 0.1) is 28.6 Å². The van der Waals surface area contributed by atoms with Crippen molar-refractivity contribution in [3.8, 4) is 0 Å². The number of ketones is 2. The molecule has 2 nitrogen and oxygen atoms in total. The van der Waals surface area contributed by atoms with Crippen molar-refractivity contribution in [2.75, 3.05) is 0 Å². The van der Waals surface area contributed by atoms with E-state index < -0.39 is 0 Å². The molecule has 4 rings (SSSR count). The van der Waals surface area contributed by atoms with Crippen molar-refractivity contribution in [1.29, 1.82) is 0 Å². The molecule has 22 heavy (non-hydrogen) atoms. The first-order chi connectivity index (χ1) is 10.5. The Hall–Kier alpha value is -1.18. The Morgan fingerprint density at radius 3 is 2.73 bits per heavy atom. The first-order valence-electron chi connectivity index (χ1n) is 8.98. The van der Waals surface area contributed by atoms with Crippen LogP contribution in [-0.2, 0) is 9.59 Å². The van der Waals surface area contributed by atoms with Crippen molar-refractivity contribution < 1.29 is 9.59 Å². The fourth-order valence-electron chi connectivity index (χ4n) is 6.23. The highest BCUT2D eigenvalue weighted by Gasteiger charge is 2.58. The minimum Gasteiger partial charge on any atom is -0.299 e. The Kier molecular flexibility index (Phi) is 3.05. The number of hydrogen-bond donors (Lipinski definition) is 0. The average Bonchev–Trinajstić information content (AvgIpc) is 2.86. The van der Waals surface area contributed by atoms with Gasteiger partial charge < -0.3 is 0 Å². The van der Waals surface area contributed by atoms with Gasteiger partial charge in [-0.05, 0) is 66.9 Å². The molecule has 5 atom stereocenters. The van der Waals surface area contributed by atoms with Crippen LogP contribution in [0.3, 0.4) is 0 Å². The third-order valence-electron chi connectivity index (χ3n) is 7.59. The van der Waals surface area contributed by atoms with Crippen LogP contribution in [0.1, 0.15) is 58.8 Å². The molecule has 2 saturated carbocycles. The highest BCUT2D eigenvalue weighted by Crippen LogP contribution is 2.63. The Labute approximate surface area is 133 Å². The number of allylic oxidation sites excluding steroid dienone is 4. The topological polar surface area (TPSA) is 34.1 Å². The third-order valence-corrected chi connectivity index (χ3v) is 7.59. The molecule has 4 aliphatic rings. The van der Waals surface area contributed by atoms with E-state index >= 15 is 0 Å². The van der Waals surface area contributed by atoms with Gasteiger partial charge >= 0.3 is 0 Å². The fourth-order valence-corrected chi connectivity index (χ4v) is 6.23.